The van der Waals surface area contributed by atoms with Gasteiger partial charge in [-0.05, 0) is 17.5 Å². The van der Waals surface area contributed by atoms with Gasteiger partial charge in [0.25, 0.3) is 0 Å². The van der Waals surface area contributed by atoms with Crippen molar-refractivity contribution in [2.75, 3.05) is 12.3 Å². The van der Waals surface area contributed by atoms with E-state index >= 15 is 0 Å². The van der Waals surface area contributed by atoms with Gasteiger partial charge in [-0.3, -0.25) is 0 Å². The third-order valence-corrected chi connectivity index (χ3v) is 4.51. The van der Waals surface area contributed by atoms with Crippen LogP contribution in [-0.4, -0.2) is 31.2 Å². The fourth-order valence-corrected chi connectivity index (χ4v) is 3.47. The van der Waals surface area contributed by atoms with Gasteiger partial charge in [-0.15, -0.1) is 0 Å². The molecule has 0 spiro atoms. The van der Waals surface area contributed by atoms with Gasteiger partial charge >= 0.3 is 0 Å². The number of aliphatic hydroxyl groups excluding tert-OH is 1. The maximum absolute atomic E-state index is 9.61. The van der Waals surface area contributed by atoms with E-state index in [2.05, 4.69) is 33.2 Å². The molecule has 2 aromatic heterocycles. The number of anilines is 1. The average Bonchev–Trinajstić information content (AvgIpc) is 3.11. The van der Waals surface area contributed by atoms with Gasteiger partial charge in [-0.2, -0.15) is 0 Å². The summed E-state index contributed by atoms with van der Waals surface area (Å²) in [5, 5.41) is 9.61. The molecule has 0 radical (unpaired) electrons. The van der Waals surface area contributed by atoms with E-state index in [9.17, 15) is 5.11 Å². The van der Waals surface area contributed by atoms with Crippen LogP contribution >= 0.6 is 0 Å². The standard InChI is InChI=1S/C16H17N5O/c17-15-14-16(19-8-18-15)21(9-20-14)6-10-5-11(7-22)13-4-2-1-3-12(10)13/h1-4,8-11,22H,5-7H2,(H2,17,18,19)/t10-,11+/m0/s1. The fraction of sp³-hybridized carbons (Fsp3) is 0.312. The molecule has 0 aliphatic heterocycles. The van der Waals surface area contributed by atoms with E-state index in [1.54, 1.807) is 6.33 Å². The Morgan fingerprint density at radius 3 is 2.68 bits per heavy atom. The topological polar surface area (TPSA) is 89.9 Å². The number of hydrogen-bond acceptors (Lipinski definition) is 5. The number of fused-ring (bicyclic) bond motifs is 2. The van der Waals surface area contributed by atoms with Crippen LogP contribution in [0.2, 0.25) is 0 Å². The normalized spacial score (nSPS) is 20.4. The molecule has 1 aliphatic rings. The lowest BCUT2D eigenvalue weighted by Crippen LogP contribution is -2.07. The van der Waals surface area contributed by atoms with Crippen LogP contribution in [-0.2, 0) is 6.54 Å². The van der Waals surface area contributed by atoms with Crippen LogP contribution in [0.25, 0.3) is 11.2 Å². The minimum atomic E-state index is 0.188. The maximum atomic E-state index is 9.61. The number of rotatable bonds is 3. The molecular formula is C16H17N5O. The van der Waals surface area contributed by atoms with Gasteiger partial charge in [0.05, 0.1) is 6.33 Å². The third kappa shape index (κ3) is 1.95. The van der Waals surface area contributed by atoms with E-state index in [1.807, 2.05) is 10.6 Å². The molecule has 2 heterocycles. The first-order valence-electron chi connectivity index (χ1n) is 7.39. The largest absolute Gasteiger partial charge is 0.396 e. The SMILES string of the molecule is Nc1ncnc2c1ncn2C[C@@H]1C[C@H](CO)c2ccccc21. The Bertz CT molecular complexity index is 828. The van der Waals surface area contributed by atoms with Crippen LogP contribution in [0.1, 0.15) is 29.4 Å². The lowest BCUT2D eigenvalue weighted by atomic mass is 10.0. The lowest BCUT2D eigenvalue weighted by molar-refractivity contribution is 0.259. The number of nitrogen functional groups attached to an aromatic ring is 1. The highest BCUT2D eigenvalue weighted by atomic mass is 16.3. The molecule has 1 aromatic carbocycles. The van der Waals surface area contributed by atoms with Crippen molar-refractivity contribution in [2.45, 2.75) is 24.8 Å². The maximum Gasteiger partial charge on any atom is 0.165 e. The summed E-state index contributed by atoms with van der Waals surface area (Å²) in [5.41, 5.74) is 9.81. The van der Waals surface area contributed by atoms with Crippen molar-refractivity contribution in [2.24, 2.45) is 0 Å². The van der Waals surface area contributed by atoms with Crippen molar-refractivity contribution in [3.05, 3.63) is 48.0 Å². The van der Waals surface area contributed by atoms with Crippen molar-refractivity contribution in [1.29, 1.82) is 0 Å². The van der Waals surface area contributed by atoms with Gasteiger partial charge in [-0.1, -0.05) is 24.3 Å². The molecular weight excluding hydrogens is 278 g/mol. The van der Waals surface area contributed by atoms with E-state index in [4.69, 9.17) is 5.73 Å². The summed E-state index contributed by atoms with van der Waals surface area (Å²) in [6.07, 6.45) is 4.18. The van der Waals surface area contributed by atoms with Crippen molar-refractivity contribution >= 4 is 17.0 Å². The van der Waals surface area contributed by atoms with E-state index in [-0.39, 0.29) is 12.5 Å². The first-order chi connectivity index (χ1) is 10.8. The molecule has 0 unspecified atom stereocenters. The molecule has 0 amide bonds. The molecule has 3 N–H and O–H groups in total. The Morgan fingerprint density at radius 1 is 1.14 bits per heavy atom. The second-order valence-corrected chi connectivity index (χ2v) is 5.77. The van der Waals surface area contributed by atoms with E-state index < -0.39 is 0 Å². The van der Waals surface area contributed by atoms with Crippen LogP contribution < -0.4 is 5.73 Å². The molecule has 1 aliphatic carbocycles. The summed E-state index contributed by atoms with van der Waals surface area (Å²) >= 11 is 0. The van der Waals surface area contributed by atoms with Crippen LogP contribution in [0.5, 0.6) is 0 Å². The van der Waals surface area contributed by atoms with Crippen molar-refractivity contribution in [3.8, 4) is 0 Å². The van der Waals surface area contributed by atoms with E-state index in [1.165, 1.54) is 17.5 Å². The molecule has 0 saturated carbocycles. The van der Waals surface area contributed by atoms with Crippen molar-refractivity contribution in [3.63, 3.8) is 0 Å². The Hall–Kier alpha value is -2.47. The quantitative estimate of drug-likeness (QED) is 0.767. The molecule has 6 heteroatoms. The summed E-state index contributed by atoms with van der Waals surface area (Å²) in [6, 6.07) is 8.35. The summed E-state index contributed by atoms with van der Waals surface area (Å²) in [6.45, 7) is 0.966. The van der Waals surface area contributed by atoms with Gasteiger partial charge in [0, 0.05) is 25.0 Å². The molecule has 6 nitrogen and oxygen atoms in total. The van der Waals surface area contributed by atoms with E-state index in [0.29, 0.717) is 17.3 Å². The second-order valence-electron chi connectivity index (χ2n) is 5.77. The van der Waals surface area contributed by atoms with Crippen LogP contribution in [0.4, 0.5) is 5.82 Å². The number of nitrogens with two attached hydrogens (primary N) is 1. The van der Waals surface area contributed by atoms with Gasteiger partial charge < -0.3 is 15.4 Å². The Labute approximate surface area is 127 Å². The highest BCUT2D eigenvalue weighted by molar-refractivity contribution is 5.81. The van der Waals surface area contributed by atoms with Crippen molar-refractivity contribution in [1.82, 2.24) is 19.5 Å². The predicted molar refractivity (Wildman–Crippen MR) is 83.4 cm³/mol. The average molecular weight is 295 g/mol. The molecule has 3 aromatic rings. The van der Waals surface area contributed by atoms with Gasteiger partial charge in [0.1, 0.15) is 11.8 Å². The van der Waals surface area contributed by atoms with Crippen LogP contribution in [0, 0.1) is 0 Å². The zero-order valence-corrected chi connectivity index (χ0v) is 12.1. The minimum Gasteiger partial charge on any atom is -0.396 e. The molecule has 112 valence electrons. The van der Waals surface area contributed by atoms with Gasteiger partial charge in [-0.25, -0.2) is 15.0 Å². The Kier molecular flexibility index (Phi) is 3.04. The molecule has 2 atom stereocenters. The third-order valence-electron chi connectivity index (χ3n) is 4.51. The second kappa shape index (κ2) is 5.06. The summed E-state index contributed by atoms with van der Waals surface area (Å²) in [5.74, 6) is 0.974. The first kappa shape index (κ1) is 13.2. The highest BCUT2D eigenvalue weighted by Crippen LogP contribution is 2.42. The number of imidazole rings is 1. The first-order valence-corrected chi connectivity index (χ1v) is 7.39. The fourth-order valence-electron chi connectivity index (χ4n) is 3.47. The molecule has 0 fully saturated rings. The number of aromatic nitrogens is 4. The molecule has 4 rings (SSSR count). The Balaban J connectivity index is 1.70. The molecule has 22 heavy (non-hydrogen) atoms. The van der Waals surface area contributed by atoms with Crippen LogP contribution in [0.15, 0.2) is 36.9 Å². The number of hydrogen-bond donors (Lipinski definition) is 2. The van der Waals surface area contributed by atoms with Crippen molar-refractivity contribution < 1.29 is 5.11 Å². The number of benzene rings is 1. The number of aliphatic hydroxyl groups is 1. The smallest absolute Gasteiger partial charge is 0.165 e. The zero-order chi connectivity index (χ0) is 15.1. The summed E-state index contributed by atoms with van der Waals surface area (Å²) in [7, 11) is 0. The molecule has 0 bridgehead atoms. The molecule has 0 saturated heterocycles. The van der Waals surface area contributed by atoms with E-state index in [0.717, 1.165) is 18.6 Å². The number of nitrogens with zero attached hydrogens (tertiary/aromatic N) is 4. The minimum absolute atomic E-state index is 0.188. The highest BCUT2D eigenvalue weighted by Gasteiger charge is 2.30. The monoisotopic (exact) mass is 295 g/mol. The summed E-state index contributed by atoms with van der Waals surface area (Å²) < 4.78 is 2.02. The summed E-state index contributed by atoms with van der Waals surface area (Å²) in [4.78, 5) is 12.6. The lowest BCUT2D eigenvalue weighted by Gasteiger charge is -2.13. The predicted octanol–water partition coefficient (Wildman–Crippen LogP) is 1.67. The van der Waals surface area contributed by atoms with Gasteiger partial charge in [0.15, 0.2) is 11.5 Å². The zero-order valence-electron chi connectivity index (χ0n) is 12.1. The van der Waals surface area contributed by atoms with Gasteiger partial charge in [0.2, 0.25) is 0 Å². The Morgan fingerprint density at radius 2 is 1.91 bits per heavy atom. The van der Waals surface area contributed by atoms with Crippen LogP contribution in [0.3, 0.4) is 0 Å².